The minimum Gasteiger partial charge on any atom is -0.474 e. The van der Waals surface area contributed by atoms with Crippen molar-refractivity contribution in [2.75, 3.05) is 0 Å². The van der Waals surface area contributed by atoms with Crippen LogP contribution in [0.25, 0.3) is 0 Å². The van der Waals surface area contributed by atoms with Crippen LogP contribution >= 0.6 is 0 Å². The van der Waals surface area contributed by atoms with Crippen LogP contribution in [0.15, 0.2) is 25.7 Å². The Labute approximate surface area is 98.0 Å². The summed E-state index contributed by atoms with van der Waals surface area (Å²) in [5.41, 5.74) is -2.01. The molecule has 0 atom stereocenters. The zero-order chi connectivity index (χ0) is 13.8. The molecular weight excluding hydrogens is 211 g/mol. The average Bonchev–Trinajstić information content (AvgIpc) is 2.04. The van der Waals surface area contributed by atoms with Crippen molar-refractivity contribution in [1.82, 2.24) is 0 Å². The van der Waals surface area contributed by atoms with E-state index in [-0.39, 0.29) is 7.69 Å². The van der Waals surface area contributed by atoms with Gasteiger partial charge in [-0.05, 0) is 27.7 Å². The summed E-state index contributed by atoms with van der Waals surface area (Å²) in [5, 5.41) is 32.2. The second-order valence-electron chi connectivity index (χ2n) is 3.70. The lowest BCUT2D eigenvalue weighted by molar-refractivity contribution is -0.107. The molecule has 0 heterocycles. The van der Waals surface area contributed by atoms with Gasteiger partial charge in [0, 0.05) is 0 Å². The second kappa shape index (κ2) is 10.7. The van der Waals surface area contributed by atoms with Crippen LogP contribution in [0.2, 0.25) is 0 Å². The van der Waals surface area contributed by atoms with E-state index in [1.54, 1.807) is 27.7 Å². The van der Waals surface area contributed by atoms with E-state index in [9.17, 15) is 0 Å². The van der Waals surface area contributed by atoms with E-state index in [0.717, 1.165) is 0 Å². The number of ether oxygens (including phenoxy) is 1. The van der Waals surface area contributed by atoms with Gasteiger partial charge in [0.25, 0.3) is 0 Å². The van der Waals surface area contributed by atoms with Gasteiger partial charge in [0.2, 0.25) is 0 Å². The molecule has 0 aliphatic heterocycles. The van der Waals surface area contributed by atoms with Crippen LogP contribution in [0.5, 0.6) is 0 Å². The van der Waals surface area contributed by atoms with Crippen LogP contribution in [-0.2, 0) is 4.74 Å². The van der Waals surface area contributed by atoms with Crippen LogP contribution in [-0.4, -0.2) is 39.1 Å². The van der Waals surface area contributed by atoms with E-state index >= 15 is 0 Å². The van der Waals surface area contributed by atoms with E-state index in [1.165, 1.54) is 12.5 Å². The van der Waals surface area contributed by atoms with Crippen LogP contribution < -0.4 is 0 Å². The Hall–Kier alpha value is -0.815. The zero-order valence-electron chi connectivity index (χ0n) is 10.3. The monoisotopic (exact) mass is 233 g/mol. The molecule has 5 nitrogen and oxygen atoms in total. The van der Waals surface area contributed by atoms with Crippen molar-refractivity contribution in [2.24, 2.45) is 0 Å². The van der Waals surface area contributed by atoms with Crippen LogP contribution in [0.1, 0.15) is 27.7 Å². The molecule has 0 unspecified atom stereocenters. The molecule has 0 saturated heterocycles. The molecule has 0 amide bonds. The smallest absolute Gasteiger partial charge is 0.474 e. The summed E-state index contributed by atoms with van der Waals surface area (Å²) >= 11 is 0. The fourth-order valence-corrected chi connectivity index (χ4v) is 0.0680. The SMILES string of the molecule is C=COC=C.CC(C)(O)C(C)(C)O.O[B]O. The Bertz CT molecular complexity index is 151. The summed E-state index contributed by atoms with van der Waals surface area (Å²) in [6.07, 6.45) is 2.62. The predicted octanol–water partition coefficient (Wildman–Crippen LogP) is 0.323. The van der Waals surface area contributed by atoms with Crippen LogP contribution in [0.3, 0.4) is 0 Å². The van der Waals surface area contributed by atoms with E-state index in [1.807, 2.05) is 0 Å². The topological polar surface area (TPSA) is 90.2 Å². The van der Waals surface area contributed by atoms with E-state index in [2.05, 4.69) is 17.9 Å². The largest absolute Gasteiger partial charge is 0.482 e. The molecule has 0 aliphatic carbocycles. The van der Waals surface area contributed by atoms with Gasteiger partial charge in [-0.1, -0.05) is 13.2 Å². The number of rotatable bonds is 3. The van der Waals surface area contributed by atoms with E-state index in [0.29, 0.717) is 0 Å². The van der Waals surface area contributed by atoms with Gasteiger partial charge < -0.3 is 25.0 Å². The lowest BCUT2D eigenvalue weighted by atomic mass is 9.90. The molecule has 1 radical (unpaired) electrons. The average molecular weight is 233 g/mol. The highest BCUT2D eigenvalue weighted by Crippen LogP contribution is 2.19. The summed E-state index contributed by atoms with van der Waals surface area (Å²) in [7, 11) is 0. The third kappa shape index (κ3) is 18.9. The fourth-order valence-electron chi connectivity index (χ4n) is 0.0680. The molecule has 95 valence electrons. The molecule has 4 N–H and O–H groups in total. The van der Waals surface area contributed by atoms with Crippen molar-refractivity contribution in [1.29, 1.82) is 0 Å². The molecule has 0 bridgehead atoms. The first-order valence-electron chi connectivity index (χ1n) is 4.50. The Morgan fingerprint density at radius 3 is 1.12 bits per heavy atom. The molecule has 0 aromatic heterocycles. The quantitative estimate of drug-likeness (QED) is 0.416. The summed E-state index contributed by atoms with van der Waals surface area (Å²) in [6, 6.07) is 0. The van der Waals surface area contributed by atoms with Crippen molar-refractivity contribution >= 4 is 7.69 Å². The fraction of sp³-hybridized carbons (Fsp3) is 0.600. The highest BCUT2D eigenvalue weighted by atomic mass is 16.5. The minimum atomic E-state index is -1.01. The lowest BCUT2D eigenvalue weighted by Gasteiger charge is -2.31. The van der Waals surface area contributed by atoms with Crippen LogP contribution in [0.4, 0.5) is 0 Å². The molecule has 6 heteroatoms. The molecular formula is C10H22BO5. The highest BCUT2D eigenvalue weighted by Gasteiger charge is 2.31. The Morgan fingerprint density at radius 2 is 1.12 bits per heavy atom. The molecule has 0 spiro atoms. The maximum Gasteiger partial charge on any atom is 0.482 e. The molecule has 0 aromatic carbocycles. The van der Waals surface area contributed by atoms with Crippen molar-refractivity contribution in [3.05, 3.63) is 25.7 Å². The van der Waals surface area contributed by atoms with Gasteiger partial charge in [-0.3, -0.25) is 0 Å². The van der Waals surface area contributed by atoms with E-state index < -0.39 is 11.2 Å². The van der Waals surface area contributed by atoms with Crippen LogP contribution in [0, 0.1) is 0 Å². The first-order chi connectivity index (χ1) is 7.08. The first kappa shape index (κ1) is 20.6. The summed E-state index contributed by atoms with van der Waals surface area (Å²) in [5.74, 6) is 0. The van der Waals surface area contributed by atoms with E-state index in [4.69, 9.17) is 20.3 Å². The normalized spacial score (nSPS) is 9.75. The van der Waals surface area contributed by atoms with Gasteiger partial charge >= 0.3 is 7.69 Å². The number of aliphatic hydroxyl groups is 2. The van der Waals surface area contributed by atoms with Gasteiger partial charge in [0.1, 0.15) is 0 Å². The Kier molecular flexibility index (Phi) is 13.8. The Balaban J connectivity index is -0.000000181. The third-order valence-electron chi connectivity index (χ3n) is 1.69. The maximum absolute atomic E-state index is 9.10. The van der Waals surface area contributed by atoms with Gasteiger partial charge in [-0.15, -0.1) is 0 Å². The zero-order valence-corrected chi connectivity index (χ0v) is 10.3. The molecule has 0 aliphatic rings. The third-order valence-corrected chi connectivity index (χ3v) is 1.69. The van der Waals surface area contributed by atoms with Gasteiger partial charge in [0.05, 0.1) is 23.7 Å². The molecule has 0 rings (SSSR count). The van der Waals surface area contributed by atoms with Gasteiger partial charge in [-0.25, -0.2) is 0 Å². The predicted molar refractivity (Wildman–Crippen MR) is 64.3 cm³/mol. The van der Waals surface area contributed by atoms with Crippen molar-refractivity contribution < 1.29 is 25.0 Å². The second-order valence-corrected chi connectivity index (χ2v) is 3.70. The summed E-state index contributed by atoms with van der Waals surface area (Å²) < 4.78 is 4.36. The first-order valence-corrected chi connectivity index (χ1v) is 4.50. The molecule has 0 fully saturated rings. The highest BCUT2D eigenvalue weighted by molar-refractivity contribution is 6.13. The molecule has 16 heavy (non-hydrogen) atoms. The maximum atomic E-state index is 9.10. The van der Waals surface area contributed by atoms with Gasteiger partial charge in [0.15, 0.2) is 0 Å². The van der Waals surface area contributed by atoms with Crippen molar-refractivity contribution in [2.45, 2.75) is 38.9 Å². The minimum absolute atomic E-state index is 0. The molecule has 0 aromatic rings. The lowest BCUT2D eigenvalue weighted by Crippen LogP contribution is -2.44. The van der Waals surface area contributed by atoms with Crippen molar-refractivity contribution in [3.63, 3.8) is 0 Å². The standard InChI is InChI=1S/C6H14O2.C4H6O.BH2O2/c1-5(2,7)6(3,4)8;1-3-5-4-2;2-1-3/h7-8H,1-4H3;3-4H,1-2H2;2-3H. The Morgan fingerprint density at radius 1 is 0.938 bits per heavy atom. The number of hydrogen-bond acceptors (Lipinski definition) is 5. The van der Waals surface area contributed by atoms with Crippen molar-refractivity contribution in [3.8, 4) is 0 Å². The summed E-state index contributed by atoms with van der Waals surface area (Å²) in [6.45, 7) is 12.8. The summed E-state index contributed by atoms with van der Waals surface area (Å²) in [4.78, 5) is 0. The molecule has 0 saturated carbocycles. The number of hydrogen-bond donors (Lipinski definition) is 4. The van der Waals surface area contributed by atoms with Gasteiger partial charge in [-0.2, -0.15) is 0 Å².